The summed E-state index contributed by atoms with van der Waals surface area (Å²) in [6, 6.07) is 9.00. The highest BCUT2D eigenvalue weighted by atomic mass is 35.5. The number of hydrogen-bond acceptors (Lipinski definition) is 6. The summed E-state index contributed by atoms with van der Waals surface area (Å²) in [5, 5.41) is 19.7. The number of phenolic OH excluding ortho intramolecular Hbond substituents is 1. The number of phenols is 1. The lowest BCUT2D eigenvalue weighted by atomic mass is 9.92. The molecule has 10 heteroatoms. The van der Waals surface area contributed by atoms with Crippen molar-refractivity contribution in [2.24, 2.45) is 0 Å². The van der Waals surface area contributed by atoms with Crippen molar-refractivity contribution in [2.45, 2.75) is 58.3 Å². The summed E-state index contributed by atoms with van der Waals surface area (Å²) in [5.74, 6) is -2.14. The minimum Gasteiger partial charge on any atom is -0.505 e. The lowest BCUT2D eigenvalue weighted by molar-refractivity contribution is 0.0950. The zero-order valence-electron chi connectivity index (χ0n) is 24.7. The van der Waals surface area contributed by atoms with E-state index in [9.17, 15) is 18.7 Å². The van der Waals surface area contributed by atoms with Gasteiger partial charge in [-0.25, -0.2) is 13.8 Å². The molecule has 0 spiro atoms. The lowest BCUT2D eigenvalue weighted by Gasteiger charge is -2.21. The number of aromatic nitrogens is 2. The van der Waals surface area contributed by atoms with Crippen LogP contribution >= 0.6 is 11.6 Å². The van der Waals surface area contributed by atoms with E-state index in [1.807, 2.05) is 6.92 Å². The number of ether oxygens (including phenoxy) is 1. The Kier molecular flexibility index (Phi) is 9.96. The van der Waals surface area contributed by atoms with E-state index in [0.29, 0.717) is 57.7 Å². The first kappa shape index (κ1) is 31.8. The molecule has 0 aliphatic heterocycles. The van der Waals surface area contributed by atoms with Gasteiger partial charge in [-0.05, 0) is 80.3 Å². The van der Waals surface area contributed by atoms with Crippen molar-refractivity contribution < 1.29 is 23.4 Å². The molecule has 43 heavy (non-hydrogen) atoms. The number of halogens is 3. The number of amides is 1. The van der Waals surface area contributed by atoms with E-state index in [1.165, 1.54) is 7.11 Å². The highest BCUT2D eigenvalue weighted by Gasteiger charge is 2.28. The molecule has 0 radical (unpaired) electrons. The fourth-order valence-corrected chi connectivity index (χ4v) is 5.77. The standard InChI is InChI=1S/C32H32ClF2N3O3.CH3N/c1-5-6-18(15-36-32(40)20-9-19-10-24(33)17(3)37-30(19)29(11-20)41-4)27-12-22-16(2)7-8-21(22)31(38-27)23-13-28(39)26(35)14-25(23)34;1-2/h9-14,16,18,39H,5-8,15H2,1-4H3,(H,36,40);2H,1H2. The van der Waals surface area contributed by atoms with E-state index in [-0.39, 0.29) is 23.3 Å². The number of hydrogen-bond donors (Lipinski definition) is 3. The summed E-state index contributed by atoms with van der Waals surface area (Å²) in [6.45, 7) is 8.78. The summed E-state index contributed by atoms with van der Waals surface area (Å²) in [5.41, 5.74) is 4.89. The third-order valence-electron chi connectivity index (χ3n) is 7.89. The maximum absolute atomic E-state index is 15.0. The van der Waals surface area contributed by atoms with Gasteiger partial charge < -0.3 is 20.6 Å². The quantitative estimate of drug-likeness (QED) is 0.176. The van der Waals surface area contributed by atoms with Gasteiger partial charge in [-0.15, -0.1) is 0 Å². The van der Waals surface area contributed by atoms with Crippen molar-refractivity contribution in [3.05, 3.63) is 81.1 Å². The second kappa shape index (κ2) is 13.5. The molecule has 2 atom stereocenters. The maximum atomic E-state index is 15.0. The molecule has 7 nitrogen and oxygen atoms in total. The summed E-state index contributed by atoms with van der Waals surface area (Å²) in [7, 11) is 1.53. The second-order valence-corrected chi connectivity index (χ2v) is 11.1. The molecule has 1 amide bonds. The van der Waals surface area contributed by atoms with Crippen LogP contribution in [0.4, 0.5) is 8.78 Å². The van der Waals surface area contributed by atoms with Crippen LogP contribution in [0.1, 0.15) is 77.8 Å². The fourth-order valence-electron chi connectivity index (χ4n) is 5.61. The number of benzene rings is 2. The van der Waals surface area contributed by atoms with E-state index in [0.717, 1.165) is 42.1 Å². The molecule has 0 fully saturated rings. The van der Waals surface area contributed by atoms with Crippen LogP contribution in [0.25, 0.3) is 22.2 Å². The van der Waals surface area contributed by atoms with E-state index in [2.05, 4.69) is 36.9 Å². The summed E-state index contributed by atoms with van der Waals surface area (Å²) >= 11 is 6.29. The molecule has 0 bridgehead atoms. The van der Waals surface area contributed by atoms with Gasteiger partial charge in [0.05, 0.1) is 23.5 Å². The molecule has 1 aliphatic carbocycles. The normalized spacial score (nSPS) is 14.5. The fraction of sp³-hybridized carbons (Fsp3) is 0.333. The number of fused-ring (bicyclic) bond motifs is 2. The molecule has 0 saturated carbocycles. The maximum Gasteiger partial charge on any atom is 0.251 e. The Bertz CT molecular complexity index is 1680. The molecule has 0 saturated heterocycles. The zero-order valence-corrected chi connectivity index (χ0v) is 25.4. The number of aryl methyl sites for hydroxylation is 1. The number of nitrogens with zero attached hydrogens (tertiary/aromatic N) is 2. The van der Waals surface area contributed by atoms with E-state index in [4.69, 9.17) is 26.7 Å². The SMILES string of the molecule is C=N.CCCC(CNC(=O)c1cc(OC)c2nc(C)c(Cl)cc2c1)c1cc2c(c(-c3cc(O)c(F)cc3F)n1)CCC2C. The van der Waals surface area contributed by atoms with Crippen LogP contribution in [-0.4, -0.2) is 41.4 Å². The minimum atomic E-state index is -1.02. The molecule has 1 aliphatic rings. The van der Waals surface area contributed by atoms with Crippen LogP contribution in [0.2, 0.25) is 5.02 Å². The van der Waals surface area contributed by atoms with Crippen LogP contribution in [0.15, 0.2) is 36.4 Å². The molecule has 2 heterocycles. The Morgan fingerprint density at radius 2 is 1.93 bits per heavy atom. The highest BCUT2D eigenvalue weighted by molar-refractivity contribution is 6.31. The Morgan fingerprint density at radius 3 is 2.63 bits per heavy atom. The van der Waals surface area contributed by atoms with Crippen molar-refractivity contribution >= 4 is 35.1 Å². The van der Waals surface area contributed by atoms with Crippen LogP contribution in [-0.2, 0) is 6.42 Å². The first-order valence-corrected chi connectivity index (χ1v) is 14.5. The monoisotopic (exact) mass is 608 g/mol. The molecule has 226 valence electrons. The van der Waals surface area contributed by atoms with Gasteiger partial charge in [0, 0.05) is 40.7 Å². The predicted molar refractivity (Wildman–Crippen MR) is 166 cm³/mol. The van der Waals surface area contributed by atoms with Gasteiger partial charge in [-0.2, -0.15) is 0 Å². The van der Waals surface area contributed by atoms with Gasteiger partial charge in [0.1, 0.15) is 17.1 Å². The number of pyridine rings is 2. The number of aromatic hydroxyl groups is 1. The highest BCUT2D eigenvalue weighted by Crippen LogP contribution is 2.41. The average Bonchev–Trinajstić information content (AvgIpc) is 3.38. The summed E-state index contributed by atoms with van der Waals surface area (Å²) in [4.78, 5) is 22.7. The van der Waals surface area contributed by atoms with Gasteiger partial charge in [0.15, 0.2) is 11.6 Å². The molecule has 2 aromatic heterocycles. The molecular weight excluding hydrogens is 574 g/mol. The van der Waals surface area contributed by atoms with Gasteiger partial charge in [0.2, 0.25) is 0 Å². The Hall–Kier alpha value is -4.11. The molecule has 2 aromatic carbocycles. The largest absolute Gasteiger partial charge is 0.505 e. The van der Waals surface area contributed by atoms with E-state index in [1.54, 1.807) is 18.2 Å². The van der Waals surface area contributed by atoms with Crippen LogP contribution in [0.3, 0.4) is 0 Å². The van der Waals surface area contributed by atoms with E-state index >= 15 is 0 Å². The Labute approximate surface area is 254 Å². The topological polar surface area (TPSA) is 108 Å². The van der Waals surface area contributed by atoms with Gasteiger partial charge in [0.25, 0.3) is 5.91 Å². The number of nitrogens with one attached hydrogen (secondary N) is 2. The average molecular weight is 609 g/mol. The third-order valence-corrected chi connectivity index (χ3v) is 8.27. The van der Waals surface area contributed by atoms with Crippen molar-refractivity contribution in [1.82, 2.24) is 15.3 Å². The number of methoxy groups -OCH3 is 1. The second-order valence-electron chi connectivity index (χ2n) is 10.7. The number of rotatable bonds is 8. The molecule has 3 N–H and O–H groups in total. The van der Waals surface area contributed by atoms with Gasteiger partial charge in [-0.3, -0.25) is 9.78 Å². The summed E-state index contributed by atoms with van der Waals surface area (Å²) < 4.78 is 34.3. The van der Waals surface area contributed by atoms with Crippen LogP contribution < -0.4 is 10.1 Å². The zero-order chi connectivity index (χ0) is 31.4. The summed E-state index contributed by atoms with van der Waals surface area (Å²) in [6.07, 6.45) is 3.17. The van der Waals surface area contributed by atoms with E-state index < -0.39 is 17.4 Å². The van der Waals surface area contributed by atoms with Crippen LogP contribution in [0, 0.1) is 24.0 Å². The van der Waals surface area contributed by atoms with Crippen molar-refractivity contribution in [2.75, 3.05) is 13.7 Å². The number of carbonyl (C=O) groups is 1. The number of carbonyl (C=O) groups excluding carboxylic acids is 1. The molecule has 4 aromatic rings. The molecule has 5 rings (SSSR count). The molecular formula is C33H35ClF2N4O3. The first-order chi connectivity index (χ1) is 20.6. The van der Waals surface area contributed by atoms with Crippen molar-refractivity contribution in [3.8, 4) is 22.8 Å². The third kappa shape index (κ3) is 6.46. The smallest absolute Gasteiger partial charge is 0.251 e. The first-order valence-electron chi connectivity index (χ1n) is 14.1. The van der Waals surface area contributed by atoms with Gasteiger partial charge >= 0.3 is 0 Å². The van der Waals surface area contributed by atoms with Crippen molar-refractivity contribution in [3.63, 3.8) is 0 Å². The minimum absolute atomic E-state index is 0.0705. The Morgan fingerprint density at radius 1 is 1.19 bits per heavy atom. The Balaban J connectivity index is 0.00000207. The molecule has 2 unspecified atom stereocenters. The van der Waals surface area contributed by atoms with Crippen molar-refractivity contribution in [1.29, 1.82) is 5.41 Å². The van der Waals surface area contributed by atoms with Gasteiger partial charge in [-0.1, -0.05) is 31.9 Å². The lowest BCUT2D eigenvalue weighted by Crippen LogP contribution is -2.29. The van der Waals surface area contributed by atoms with Crippen LogP contribution in [0.5, 0.6) is 11.5 Å². The predicted octanol–water partition coefficient (Wildman–Crippen LogP) is 7.88.